The molecule has 0 amide bonds. The Balaban J connectivity index is 2.51. The molecular weight excluding hydrogens is 323 g/mol. The number of hydrogen-bond acceptors (Lipinski definition) is 4. The van der Waals surface area contributed by atoms with Gasteiger partial charge in [0, 0.05) is 33.9 Å². The van der Waals surface area contributed by atoms with E-state index >= 15 is 0 Å². The summed E-state index contributed by atoms with van der Waals surface area (Å²) in [5, 5.41) is 15.9. The van der Waals surface area contributed by atoms with Gasteiger partial charge in [0.2, 0.25) is 0 Å². The van der Waals surface area contributed by atoms with Crippen LogP contribution in [0.1, 0.15) is 24.0 Å². The van der Waals surface area contributed by atoms with Gasteiger partial charge in [-0.3, -0.25) is 4.98 Å². The molecule has 0 saturated heterocycles. The molecule has 2 aromatic rings. The van der Waals surface area contributed by atoms with Crippen molar-refractivity contribution in [3.05, 3.63) is 63.9 Å². The highest BCUT2D eigenvalue weighted by atomic mass is 35.5. The molecule has 0 spiro atoms. The largest absolute Gasteiger partial charge is 0.399 e. The van der Waals surface area contributed by atoms with Crippen molar-refractivity contribution < 1.29 is 9.94 Å². The molecule has 0 fully saturated rings. The zero-order valence-electron chi connectivity index (χ0n) is 12.2. The number of halogens is 2. The van der Waals surface area contributed by atoms with Crippen molar-refractivity contribution in [2.24, 2.45) is 5.16 Å². The minimum absolute atomic E-state index is 0.389. The van der Waals surface area contributed by atoms with Crippen molar-refractivity contribution in [3.8, 4) is 0 Å². The lowest BCUT2D eigenvalue weighted by Crippen LogP contribution is -2.34. The molecule has 2 atom stereocenters. The van der Waals surface area contributed by atoms with E-state index in [1.807, 2.05) is 6.92 Å². The first kappa shape index (κ1) is 16.7. The fourth-order valence-electron chi connectivity index (χ4n) is 2.26. The highest BCUT2D eigenvalue weighted by Crippen LogP contribution is 2.39. The molecule has 22 heavy (non-hydrogen) atoms. The van der Waals surface area contributed by atoms with Crippen molar-refractivity contribution in [2.75, 3.05) is 7.11 Å². The Morgan fingerprint density at radius 2 is 2.14 bits per heavy atom. The first-order chi connectivity index (χ1) is 10.5. The number of hydrogen-bond donors (Lipinski definition) is 1. The molecule has 6 heteroatoms. The number of rotatable bonds is 5. The third-order valence-electron chi connectivity index (χ3n) is 3.57. The Morgan fingerprint density at radius 1 is 1.36 bits per heavy atom. The lowest BCUT2D eigenvalue weighted by molar-refractivity contribution is 0.0842. The summed E-state index contributed by atoms with van der Waals surface area (Å²) >= 11 is 12.2. The van der Waals surface area contributed by atoms with Crippen LogP contribution in [-0.4, -0.2) is 23.4 Å². The maximum Gasteiger partial charge on any atom is 0.136 e. The second kappa shape index (κ2) is 7.09. The second-order valence-electron chi connectivity index (χ2n) is 4.87. The Morgan fingerprint density at radius 3 is 2.73 bits per heavy atom. The van der Waals surface area contributed by atoms with Gasteiger partial charge in [-0.05, 0) is 23.8 Å². The Hall–Kier alpha value is -1.62. The van der Waals surface area contributed by atoms with Gasteiger partial charge in [-0.2, -0.15) is 0 Å². The zero-order valence-corrected chi connectivity index (χ0v) is 13.7. The molecule has 2 unspecified atom stereocenters. The minimum atomic E-state index is -1.41. The third-order valence-corrected chi connectivity index (χ3v) is 4.13. The predicted octanol–water partition coefficient (Wildman–Crippen LogP) is 4.01. The molecule has 0 saturated carbocycles. The summed E-state index contributed by atoms with van der Waals surface area (Å²) in [6.07, 6.45) is 4.57. The number of aromatic nitrogens is 1. The lowest BCUT2D eigenvalue weighted by atomic mass is 9.80. The standard InChI is InChI=1S/C16H16Cl2N2O2/c1-11(14-6-5-13(17)8-15(14)18)16(21,10-20-22-2)12-4-3-7-19-9-12/h3-11,21H,1-2H3. The third kappa shape index (κ3) is 3.40. The van der Waals surface area contributed by atoms with E-state index in [0.717, 1.165) is 5.56 Å². The molecular formula is C16H16Cl2N2O2. The molecule has 1 aromatic carbocycles. The van der Waals surface area contributed by atoms with E-state index in [2.05, 4.69) is 10.1 Å². The Bertz CT molecular complexity index is 664. The predicted molar refractivity (Wildman–Crippen MR) is 88.5 cm³/mol. The van der Waals surface area contributed by atoms with Crippen LogP contribution >= 0.6 is 23.2 Å². The monoisotopic (exact) mass is 338 g/mol. The first-order valence-corrected chi connectivity index (χ1v) is 7.40. The van der Waals surface area contributed by atoms with Crippen LogP contribution in [0, 0.1) is 0 Å². The van der Waals surface area contributed by atoms with Gasteiger partial charge < -0.3 is 9.94 Å². The second-order valence-corrected chi connectivity index (χ2v) is 5.72. The first-order valence-electron chi connectivity index (χ1n) is 6.64. The van der Waals surface area contributed by atoms with Gasteiger partial charge in [0.1, 0.15) is 12.7 Å². The summed E-state index contributed by atoms with van der Waals surface area (Å²) in [6, 6.07) is 8.69. The summed E-state index contributed by atoms with van der Waals surface area (Å²) in [6.45, 7) is 1.85. The molecule has 0 radical (unpaired) electrons. The van der Waals surface area contributed by atoms with E-state index < -0.39 is 5.60 Å². The van der Waals surface area contributed by atoms with Crippen LogP contribution < -0.4 is 0 Å². The quantitative estimate of drug-likeness (QED) is 0.661. The summed E-state index contributed by atoms with van der Waals surface area (Å²) in [5.74, 6) is -0.389. The fourth-order valence-corrected chi connectivity index (χ4v) is 2.83. The van der Waals surface area contributed by atoms with Gasteiger partial charge in [0.15, 0.2) is 0 Å². The molecule has 4 nitrogen and oxygen atoms in total. The zero-order chi connectivity index (χ0) is 16.2. The van der Waals surface area contributed by atoms with Crippen LogP contribution in [0.2, 0.25) is 10.0 Å². The maximum atomic E-state index is 11.2. The number of pyridine rings is 1. The van der Waals surface area contributed by atoms with E-state index in [1.165, 1.54) is 13.3 Å². The summed E-state index contributed by atoms with van der Waals surface area (Å²) < 4.78 is 0. The van der Waals surface area contributed by atoms with Crippen LogP contribution in [0.3, 0.4) is 0 Å². The number of oxime groups is 1. The molecule has 0 aliphatic rings. The van der Waals surface area contributed by atoms with E-state index in [0.29, 0.717) is 15.6 Å². The van der Waals surface area contributed by atoms with Gasteiger partial charge in [-0.1, -0.05) is 47.4 Å². The van der Waals surface area contributed by atoms with Gasteiger partial charge in [0.25, 0.3) is 0 Å². The highest BCUT2D eigenvalue weighted by molar-refractivity contribution is 6.35. The molecule has 0 aliphatic heterocycles. The summed E-state index contributed by atoms with van der Waals surface area (Å²) in [5.41, 5.74) is -0.0730. The SMILES string of the molecule is CON=CC(O)(c1cccnc1)C(C)c1ccc(Cl)cc1Cl. The van der Waals surface area contributed by atoms with Crippen LogP contribution in [0.4, 0.5) is 0 Å². The van der Waals surface area contributed by atoms with E-state index in [4.69, 9.17) is 28.0 Å². The van der Waals surface area contributed by atoms with Crippen LogP contribution in [0.15, 0.2) is 47.9 Å². The smallest absolute Gasteiger partial charge is 0.136 e. The van der Waals surface area contributed by atoms with Gasteiger partial charge in [-0.25, -0.2) is 0 Å². The number of aliphatic hydroxyl groups is 1. The molecule has 1 N–H and O–H groups in total. The fraction of sp³-hybridized carbons (Fsp3) is 0.250. The van der Waals surface area contributed by atoms with Crippen LogP contribution in [0.5, 0.6) is 0 Å². The van der Waals surface area contributed by atoms with Crippen molar-refractivity contribution in [3.63, 3.8) is 0 Å². The van der Waals surface area contributed by atoms with Gasteiger partial charge in [0.05, 0.1) is 6.21 Å². The van der Waals surface area contributed by atoms with Crippen LogP contribution in [-0.2, 0) is 10.4 Å². The minimum Gasteiger partial charge on any atom is -0.399 e. The van der Waals surface area contributed by atoms with E-state index in [9.17, 15) is 5.11 Å². The normalized spacial score (nSPS) is 15.5. The van der Waals surface area contributed by atoms with E-state index in [1.54, 1.807) is 42.7 Å². The van der Waals surface area contributed by atoms with Crippen LogP contribution in [0.25, 0.3) is 0 Å². The van der Waals surface area contributed by atoms with Gasteiger partial charge in [-0.15, -0.1) is 0 Å². The molecule has 0 aliphatic carbocycles. The topological polar surface area (TPSA) is 54.7 Å². The lowest BCUT2D eigenvalue weighted by Gasteiger charge is -2.31. The molecule has 1 heterocycles. The van der Waals surface area contributed by atoms with Crippen molar-refractivity contribution in [1.29, 1.82) is 0 Å². The average molecular weight is 339 g/mol. The Labute approximate surface area is 139 Å². The van der Waals surface area contributed by atoms with Crippen molar-refractivity contribution in [2.45, 2.75) is 18.4 Å². The molecule has 2 rings (SSSR count). The highest BCUT2D eigenvalue weighted by Gasteiger charge is 2.37. The molecule has 1 aromatic heterocycles. The van der Waals surface area contributed by atoms with Gasteiger partial charge >= 0.3 is 0 Å². The Kier molecular flexibility index (Phi) is 5.40. The number of benzene rings is 1. The molecule has 0 bridgehead atoms. The summed E-state index contributed by atoms with van der Waals surface area (Å²) in [4.78, 5) is 8.78. The van der Waals surface area contributed by atoms with Crippen molar-refractivity contribution >= 4 is 29.4 Å². The van der Waals surface area contributed by atoms with E-state index in [-0.39, 0.29) is 5.92 Å². The maximum absolute atomic E-state index is 11.2. The summed E-state index contributed by atoms with van der Waals surface area (Å²) in [7, 11) is 1.42. The number of nitrogens with zero attached hydrogens (tertiary/aromatic N) is 2. The molecule has 116 valence electrons. The van der Waals surface area contributed by atoms with Crippen molar-refractivity contribution in [1.82, 2.24) is 4.98 Å². The average Bonchev–Trinajstić information content (AvgIpc) is 2.53.